The van der Waals surface area contributed by atoms with Crippen LogP contribution in [0.5, 0.6) is 0 Å². The van der Waals surface area contributed by atoms with Crippen molar-refractivity contribution in [2.24, 2.45) is 0 Å². The number of halogens is 1. The van der Waals surface area contributed by atoms with E-state index in [4.69, 9.17) is 0 Å². The van der Waals surface area contributed by atoms with Gasteiger partial charge in [0.1, 0.15) is 12.1 Å². The van der Waals surface area contributed by atoms with Crippen LogP contribution in [0, 0.1) is 0 Å². The number of benzene rings is 2. The molecule has 0 bridgehead atoms. The molecule has 0 radical (unpaired) electrons. The van der Waals surface area contributed by atoms with Gasteiger partial charge in [0.15, 0.2) is 5.65 Å². The Morgan fingerprint density at radius 2 is 1.55 bits per heavy atom. The molecular weight excluding hydrogens is 430 g/mol. The van der Waals surface area contributed by atoms with Gasteiger partial charge in [0.2, 0.25) is 0 Å². The zero-order valence-corrected chi connectivity index (χ0v) is 17.7. The number of hydrogen-bond donors (Lipinski definition) is 0. The van der Waals surface area contributed by atoms with Crippen molar-refractivity contribution < 1.29 is 4.79 Å². The van der Waals surface area contributed by atoms with Crippen molar-refractivity contribution in [2.45, 2.75) is 6.54 Å². The minimum atomic E-state index is -0.0742. The number of hydrogen-bond acceptors (Lipinski definition) is 4. The largest absolute Gasteiger partial charge is 0.378 e. The van der Waals surface area contributed by atoms with Crippen LogP contribution in [0.2, 0.25) is 0 Å². The van der Waals surface area contributed by atoms with Gasteiger partial charge in [0.05, 0.1) is 6.33 Å². The highest BCUT2D eigenvalue weighted by Crippen LogP contribution is 2.29. The Bertz CT molecular complexity index is 1140. The number of carbonyl (C=O) groups excluding carboxylic acids is 1. The van der Waals surface area contributed by atoms with Crippen molar-refractivity contribution in [1.82, 2.24) is 14.5 Å². The van der Waals surface area contributed by atoms with Crippen molar-refractivity contribution in [2.75, 3.05) is 23.9 Å². The maximum atomic E-state index is 13.4. The van der Waals surface area contributed by atoms with Crippen molar-refractivity contribution >= 4 is 50.1 Å². The van der Waals surface area contributed by atoms with Crippen molar-refractivity contribution in [3.63, 3.8) is 0 Å². The monoisotopic (exact) mass is 449 g/mol. The Labute approximate surface area is 177 Å². The lowest BCUT2D eigenvalue weighted by molar-refractivity contribution is -0.118. The molecule has 7 heteroatoms. The molecule has 2 aromatic carbocycles. The van der Waals surface area contributed by atoms with Crippen LogP contribution in [-0.2, 0) is 11.3 Å². The van der Waals surface area contributed by atoms with E-state index in [1.54, 1.807) is 22.0 Å². The summed E-state index contributed by atoms with van der Waals surface area (Å²) >= 11 is 3.46. The summed E-state index contributed by atoms with van der Waals surface area (Å²) < 4.78 is 2.74. The predicted octanol–water partition coefficient (Wildman–Crippen LogP) is 4.62. The molecule has 0 unspecified atom stereocenters. The average molecular weight is 450 g/mol. The van der Waals surface area contributed by atoms with Gasteiger partial charge in [-0.25, -0.2) is 9.97 Å². The molecule has 4 aromatic rings. The number of imidazole rings is 1. The first-order chi connectivity index (χ1) is 14.0. The highest BCUT2D eigenvalue weighted by molar-refractivity contribution is 9.10. The molecular formula is C22H20BrN5O. The first-order valence-corrected chi connectivity index (χ1v) is 9.94. The molecule has 0 fully saturated rings. The molecule has 0 saturated carbocycles. The molecule has 0 aliphatic heterocycles. The van der Waals surface area contributed by atoms with Crippen molar-refractivity contribution in [1.29, 1.82) is 0 Å². The summed E-state index contributed by atoms with van der Waals surface area (Å²) in [5.74, 6) is -0.0742. The van der Waals surface area contributed by atoms with Crippen LogP contribution in [-0.4, -0.2) is 34.5 Å². The van der Waals surface area contributed by atoms with E-state index in [1.807, 2.05) is 79.7 Å². The Morgan fingerprint density at radius 1 is 0.931 bits per heavy atom. The van der Waals surface area contributed by atoms with Crippen molar-refractivity contribution in [3.8, 4) is 0 Å². The van der Waals surface area contributed by atoms with Gasteiger partial charge < -0.3 is 9.47 Å². The molecule has 146 valence electrons. The number of carbonyl (C=O) groups is 1. The zero-order valence-electron chi connectivity index (χ0n) is 16.2. The first kappa shape index (κ1) is 19.1. The number of rotatable bonds is 5. The van der Waals surface area contributed by atoms with E-state index in [-0.39, 0.29) is 12.5 Å². The Morgan fingerprint density at radius 3 is 2.21 bits per heavy atom. The molecule has 2 heterocycles. The maximum absolute atomic E-state index is 13.4. The summed E-state index contributed by atoms with van der Waals surface area (Å²) in [7, 11) is 3.98. The molecule has 0 saturated heterocycles. The fourth-order valence-corrected chi connectivity index (χ4v) is 3.42. The van der Waals surface area contributed by atoms with Gasteiger partial charge in [0.25, 0.3) is 5.91 Å². The minimum absolute atomic E-state index is 0.0742. The van der Waals surface area contributed by atoms with Gasteiger partial charge in [-0.15, -0.1) is 0 Å². The molecule has 0 aliphatic rings. The molecule has 0 atom stereocenters. The van der Waals surface area contributed by atoms with E-state index in [0.29, 0.717) is 5.65 Å². The lowest BCUT2D eigenvalue weighted by atomic mass is 10.2. The summed E-state index contributed by atoms with van der Waals surface area (Å²) in [6.07, 6.45) is 3.36. The summed E-state index contributed by atoms with van der Waals surface area (Å²) in [6, 6.07) is 19.3. The van der Waals surface area contributed by atoms with Gasteiger partial charge in [-0.1, -0.05) is 15.9 Å². The van der Waals surface area contributed by atoms with E-state index >= 15 is 0 Å². The number of pyridine rings is 1. The van der Waals surface area contributed by atoms with Crippen LogP contribution in [0.4, 0.5) is 17.1 Å². The second kappa shape index (κ2) is 8.05. The summed E-state index contributed by atoms with van der Waals surface area (Å²) in [5.41, 5.74) is 4.14. The quantitative estimate of drug-likeness (QED) is 0.445. The molecule has 2 aromatic heterocycles. The van der Waals surface area contributed by atoms with Crippen LogP contribution >= 0.6 is 15.9 Å². The molecule has 0 spiro atoms. The SMILES string of the molecule is CN(C)c1ccc(N(C(=O)Cn2cnc3cccnc32)c2ccc(Br)cc2)cc1. The van der Waals surface area contributed by atoms with Crippen LogP contribution in [0.3, 0.4) is 0 Å². The van der Waals surface area contributed by atoms with E-state index < -0.39 is 0 Å². The molecule has 0 aliphatic carbocycles. The number of amides is 1. The van der Waals surface area contributed by atoms with E-state index in [0.717, 1.165) is 27.1 Å². The summed E-state index contributed by atoms with van der Waals surface area (Å²) in [4.78, 5) is 25.8. The fraction of sp³-hybridized carbons (Fsp3) is 0.136. The van der Waals surface area contributed by atoms with Crippen molar-refractivity contribution in [3.05, 3.63) is 77.7 Å². The van der Waals surface area contributed by atoms with Gasteiger partial charge in [-0.05, 0) is 60.7 Å². The number of fused-ring (bicyclic) bond motifs is 1. The number of nitrogens with zero attached hydrogens (tertiary/aromatic N) is 5. The van der Waals surface area contributed by atoms with E-state index in [2.05, 4.69) is 25.9 Å². The average Bonchev–Trinajstić information content (AvgIpc) is 3.13. The van der Waals surface area contributed by atoms with E-state index in [1.165, 1.54) is 0 Å². The fourth-order valence-electron chi connectivity index (χ4n) is 3.16. The number of anilines is 3. The second-order valence-corrected chi connectivity index (χ2v) is 7.75. The van der Waals surface area contributed by atoms with Gasteiger partial charge >= 0.3 is 0 Å². The Kier molecular flexibility index (Phi) is 5.31. The van der Waals surface area contributed by atoms with Gasteiger partial charge in [-0.2, -0.15) is 0 Å². The van der Waals surface area contributed by atoms with E-state index in [9.17, 15) is 4.79 Å². The second-order valence-electron chi connectivity index (χ2n) is 6.83. The van der Waals surface area contributed by atoms with Crippen LogP contribution in [0.15, 0.2) is 77.7 Å². The first-order valence-electron chi connectivity index (χ1n) is 9.15. The summed E-state index contributed by atoms with van der Waals surface area (Å²) in [5, 5.41) is 0. The highest BCUT2D eigenvalue weighted by Gasteiger charge is 2.20. The molecule has 4 rings (SSSR count). The minimum Gasteiger partial charge on any atom is -0.378 e. The highest BCUT2D eigenvalue weighted by atomic mass is 79.9. The summed E-state index contributed by atoms with van der Waals surface area (Å²) in [6.45, 7) is 0.138. The van der Waals surface area contributed by atoms with Gasteiger partial charge in [-0.3, -0.25) is 9.69 Å². The molecule has 0 N–H and O–H groups in total. The maximum Gasteiger partial charge on any atom is 0.251 e. The van der Waals surface area contributed by atoms with Gasteiger partial charge in [0, 0.05) is 41.8 Å². The smallest absolute Gasteiger partial charge is 0.251 e. The molecule has 1 amide bonds. The molecule has 29 heavy (non-hydrogen) atoms. The van der Waals surface area contributed by atoms with Crippen LogP contribution in [0.1, 0.15) is 0 Å². The molecule has 6 nitrogen and oxygen atoms in total. The zero-order chi connectivity index (χ0) is 20.4. The lowest BCUT2D eigenvalue weighted by Crippen LogP contribution is -2.29. The third-order valence-corrected chi connectivity index (χ3v) is 5.17. The topological polar surface area (TPSA) is 54.3 Å². The normalized spacial score (nSPS) is 10.9. The predicted molar refractivity (Wildman–Crippen MR) is 120 cm³/mol. The van der Waals surface area contributed by atoms with Crippen LogP contribution in [0.25, 0.3) is 11.2 Å². The Hall–Kier alpha value is -3.19. The Balaban J connectivity index is 1.71. The third-order valence-electron chi connectivity index (χ3n) is 4.64. The lowest BCUT2D eigenvalue weighted by Gasteiger charge is -2.24. The third kappa shape index (κ3) is 4.00. The number of aromatic nitrogens is 3. The van der Waals surface area contributed by atoms with Crippen LogP contribution < -0.4 is 9.80 Å². The standard InChI is InChI=1S/C22H20BrN5O/c1-26(2)17-9-11-19(12-10-17)28(18-7-5-16(23)6-8-18)21(29)14-27-15-25-20-4-3-13-24-22(20)27/h3-13,15H,14H2,1-2H3.